The van der Waals surface area contributed by atoms with E-state index in [2.05, 4.69) is 0 Å². The van der Waals surface area contributed by atoms with Crippen LogP contribution in [0.5, 0.6) is 5.75 Å². The molecule has 0 spiro atoms. The number of fused-ring (bicyclic) bond motifs is 1. The lowest BCUT2D eigenvalue weighted by Gasteiger charge is -2.39. The van der Waals surface area contributed by atoms with E-state index in [0.717, 1.165) is 0 Å². The highest BCUT2D eigenvalue weighted by atomic mass is 32.2. The molecule has 1 aliphatic rings. The smallest absolute Gasteiger partial charge is 0.324 e. The van der Waals surface area contributed by atoms with Gasteiger partial charge >= 0.3 is 5.97 Å². The molecule has 1 amide bonds. The standard InChI is InChI=1S/C16H22N2O7S/c1-9(19)14(15(21)22)17-26(23,24)11-5-6-13-12(7-11)18(10(2)20)8-16(3,4)25-13/h5-7,9,14,17,19H,8H2,1-4H3,(H,21,22). The first kappa shape index (κ1) is 20.1. The lowest BCUT2D eigenvalue weighted by molar-refractivity contribution is -0.141. The predicted octanol–water partition coefficient (Wildman–Crippen LogP) is 0.323. The highest BCUT2D eigenvalue weighted by Gasteiger charge is 2.35. The van der Waals surface area contributed by atoms with Gasteiger partial charge < -0.3 is 19.8 Å². The van der Waals surface area contributed by atoms with Crippen molar-refractivity contribution in [2.24, 2.45) is 0 Å². The summed E-state index contributed by atoms with van der Waals surface area (Å²) in [5.74, 6) is -1.43. The number of benzene rings is 1. The first-order valence-electron chi connectivity index (χ1n) is 7.88. The van der Waals surface area contributed by atoms with Crippen molar-refractivity contribution in [1.29, 1.82) is 0 Å². The van der Waals surface area contributed by atoms with E-state index in [-0.39, 0.29) is 23.0 Å². The first-order valence-corrected chi connectivity index (χ1v) is 9.37. The van der Waals surface area contributed by atoms with Crippen LogP contribution in [-0.2, 0) is 19.6 Å². The molecule has 0 aliphatic carbocycles. The summed E-state index contributed by atoms with van der Waals surface area (Å²) in [5, 5.41) is 18.5. The zero-order valence-corrected chi connectivity index (χ0v) is 15.7. The molecule has 0 saturated heterocycles. The molecule has 9 nitrogen and oxygen atoms in total. The number of carbonyl (C=O) groups is 2. The van der Waals surface area contributed by atoms with Crippen LogP contribution < -0.4 is 14.4 Å². The van der Waals surface area contributed by atoms with Crippen LogP contribution in [-0.4, -0.2) is 54.8 Å². The Morgan fingerprint density at radius 3 is 2.46 bits per heavy atom. The third kappa shape index (κ3) is 4.14. The second kappa shape index (κ2) is 6.86. The van der Waals surface area contributed by atoms with E-state index in [4.69, 9.17) is 9.84 Å². The number of anilines is 1. The Hall–Kier alpha value is -2.17. The van der Waals surface area contributed by atoms with Gasteiger partial charge in [0.1, 0.15) is 17.4 Å². The molecular formula is C16H22N2O7S. The van der Waals surface area contributed by atoms with Crippen LogP contribution in [0.1, 0.15) is 27.7 Å². The maximum absolute atomic E-state index is 12.5. The minimum Gasteiger partial charge on any atom is -0.484 e. The Morgan fingerprint density at radius 2 is 1.96 bits per heavy atom. The number of carbonyl (C=O) groups excluding carboxylic acids is 1. The monoisotopic (exact) mass is 386 g/mol. The van der Waals surface area contributed by atoms with Gasteiger partial charge in [-0.3, -0.25) is 9.59 Å². The molecule has 2 rings (SSSR count). The molecule has 2 unspecified atom stereocenters. The van der Waals surface area contributed by atoms with Crippen molar-refractivity contribution in [1.82, 2.24) is 4.72 Å². The topological polar surface area (TPSA) is 133 Å². The Morgan fingerprint density at radius 1 is 1.35 bits per heavy atom. The third-order valence-electron chi connectivity index (χ3n) is 3.87. The fraction of sp³-hybridized carbons (Fsp3) is 0.500. The fourth-order valence-electron chi connectivity index (χ4n) is 2.63. The van der Waals surface area contributed by atoms with Crippen LogP contribution in [0, 0.1) is 0 Å². The average molecular weight is 386 g/mol. The predicted molar refractivity (Wildman–Crippen MR) is 92.6 cm³/mol. The number of nitrogens with zero attached hydrogens (tertiary/aromatic N) is 1. The Kier molecular flexibility index (Phi) is 5.31. The molecule has 0 fully saturated rings. The normalized spacial score (nSPS) is 18.4. The quantitative estimate of drug-likeness (QED) is 0.664. The van der Waals surface area contributed by atoms with Crippen molar-refractivity contribution in [3.05, 3.63) is 18.2 Å². The molecule has 0 saturated carbocycles. The van der Waals surface area contributed by atoms with Gasteiger partial charge in [0.05, 0.1) is 23.2 Å². The van der Waals surface area contributed by atoms with Gasteiger partial charge in [-0.2, -0.15) is 4.72 Å². The maximum Gasteiger partial charge on any atom is 0.324 e. The second-order valence-electron chi connectivity index (χ2n) is 6.77. The van der Waals surface area contributed by atoms with E-state index in [0.29, 0.717) is 5.75 Å². The van der Waals surface area contributed by atoms with Gasteiger partial charge in [-0.1, -0.05) is 0 Å². The molecule has 10 heteroatoms. The molecule has 144 valence electrons. The van der Waals surface area contributed by atoms with Gasteiger partial charge in [-0.05, 0) is 39.0 Å². The van der Waals surface area contributed by atoms with Crippen molar-refractivity contribution in [2.75, 3.05) is 11.4 Å². The van der Waals surface area contributed by atoms with E-state index in [1.165, 1.54) is 36.9 Å². The molecule has 1 aromatic rings. The Labute approximate surface area is 151 Å². The Balaban J connectivity index is 2.45. The van der Waals surface area contributed by atoms with Gasteiger partial charge in [0.15, 0.2) is 0 Å². The molecular weight excluding hydrogens is 364 g/mol. The zero-order chi connectivity index (χ0) is 19.9. The lowest BCUT2D eigenvalue weighted by atomic mass is 10.1. The van der Waals surface area contributed by atoms with Gasteiger partial charge in [0.25, 0.3) is 0 Å². The van der Waals surface area contributed by atoms with Crippen molar-refractivity contribution >= 4 is 27.6 Å². The number of hydrogen-bond donors (Lipinski definition) is 3. The number of amides is 1. The fourth-order valence-corrected chi connectivity index (χ4v) is 3.91. The van der Waals surface area contributed by atoms with Crippen molar-refractivity contribution in [3.8, 4) is 5.75 Å². The molecule has 1 aromatic carbocycles. The highest BCUT2D eigenvalue weighted by molar-refractivity contribution is 7.89. The third-order valence-corrected chi connectivity index (χ3v) is 5.31. The van der Waals surface area contributed by atoms with Gasteiger partial charge in [0.2, 0.25) is 15.9 Å². The number of nitrogens with one attached hydrogen (secondary N) is 1. The van der Waals surface area contributed by atoms with Crippen LogP contribution in [0.3, 0.4) is 0 Å². The summed E-state index contributed by atoms with van der Waals surface area (Å²) in [6.45, 7) is 6.37. The molecule has 0 radical (unpaired) electrons. The molecule has 1 aliphatic heterocycles. The molecule has 3 N–H and O–H groups in total. The van der Waals surface area contributed by atoms with Crippen molar-refractivity contribution < 1.29 is 33.0 Å². The zero-order valence-electron chi connectivity index (χ0n) is 14.9. The van der Waals surface area contributed by atoms with Gasteiger partial charge in [-0.25, -0.2) is 8.42 Å². The molecule has 2 atom stereocenters. The number of hydrogen-bond acceptors (Lipinski definition) is 6. The van der Waals surface area contributed by atoms with E-state index >= 15 is 0 Å². The van der Waals surface area contributed by atoms with Crippen LogP contribution in [0.15, 0.2) is 23.1 Å². The number of carboxylic acid groups (broad SMARTS) is 1. The van der Waals surface area contributed by atoms with Crippen molar-refractivity contribution in [3.63, 3.8) is 0 Å². The SMILES string of the molecule is CC(=O)N1CC(C)(C)Oc2ccc(S(=O)(=O)NC(C(=O)O)C(C)O)cc21. The first-order chi connectivity index (χ1) is 11.8. The van der Waals surface area contributed by atoms with Crippen LogP contribution in [0.2, 0.25) is 0 Å². The minimum absolute atomic E-state index is 0.234. The summed E-state index contributed by atoms with van der Waals surface area (Å²) in [4.78, 5) is 24.3. The summed E-state index contributed by atoms with van der Waals surface area (Å²) in [6, 6.07) is 2.21. The number of ether oxygens (including phenoxy) is 1. The van der Waals surface area contributed by atoms with E-state index in [1.54, 1.807) is 13.8 Å². The number of rotatable bonds is 5. The van der Waals surface area contributed by atoms with Gasteiger partial charge in [-0.15, -0.1) is 0 Å². The van der Waals surface area contributed by atoms with Crippen LogP contribution in [0.4, 0.5) is 5.69 Å². The number of aliphatic hydroxyl groups is 1. The molecule has 0 bridgehead atoms. The van der Waals surface area contributed by atoms with E-state index in [9.17, 15) is 23.1 Å². The van der Waals surface area contributed by atoms with Gasteiger partial charge in [0, 0.05) is 6.92 Å². The average Bonchev–Trinajstić information content (AvgIpc) is 2.49. The summed E-state index contributed by atoms with van der Waals surface area (Å²) < 4.78 is 32.8. The van der Waals surface area contributed by atoms with Crippen molar-refractivity contribution in [2.45, 2.75) is 50.3 Å². The number of aliphatic carboxylic acids is 1. The summed E-state index contributed by atoms with van der Waals surface area (Å²) >= 11 is 0. The van der Waals surface area contributed by atoms with Crippen LogP contribution >= 0.6 is 0 Å². The number of carboxylic acids is 1. The highest BCUT2D eigenvalue weighted by Crippen LogP contribution is 2.38. The summed E-state index contributed by atoms with van der Waals surface area (Å²) in [5.41, 5.74) is -0.360. The minimum atomic E-state index is -4.25. The maximum atomic E-state index is 12.5. The largest absolute Gasteiger partial charge is 0.484 e. The van der Waals surface area contributed by atoms with E-state index < -0.39 is 33.7 Å². The van der Waals surface area contributed by atoms with Crippen LogP contribution in [0.25, 0.3) is 0 Å². The number of sulfonamides is 1. The molecule has 0 aromatic heterocycles. The molecule has 1 heterocycles. The van der Waals surface area contributed by atoms with E-state index in [1.807, 2.05) is 4.72 Å². The Bertz CT molecular complexity index is 833. The molecule has 26 heavy (non-hydrogen) atoms. The second-order valence-corrected chi connectivity index (χ2v) is 8.49. The number of aliphatic hydroxyl groups excluding tert-OH is 1. The summed E-state index contributed by atoms with van der Waals surface area (Å²) in [7, 11) is -4.25. The lowest BCUT2D eigenvalue weighted by Crippen LogP contribution is -2.49. The summed E-state index contributed by atoms with van der Waals surface area (Å²) in [6.07, 6.45) is -1.43.